The molecule has 8 heteroatoms. The molecule has 1 heterocycles. The van der Waals surface area contributed by atoms with E-state index in [1.54, 1.807) is 0 Å². The Morgan fingerprint density at radius 2 is 1.76 bits per heavy atom. The average molecular weight is 373 g/mol. The molecule has 1 aliphatic rings. The average Bonchev–Trinajstić information content (AvgIpc) is 2.97. The van der Waals surface area contributed by atoms with Crippen LogP contribution < -0.4 is 0 Å². The molecule has 0 saturated heterocycles. The number of hydrogen-bond donors (Lipinski definition) is 0. The van der Waals surface area contributed by atoms with Gasteiger partial charge in [0, 0.05) is 12.2 Å². The van der Waals surface area contributed by atoms with Gasteiger partial charge in [0.2, 0.25) is 0 Å². The van der Waals surface area contributed by atoms with Crippen molar-refractivity contribution < 1.29 is 26.1 Å². The highest BCUT2D eigenvalue weighted by Crippen LogP contribution is 2.40. The molecule has 1 aliphatic carbocycles. The zero-order valence-electron chi connectivity index (χ0n) is 13.7. The Morgan fingerprint density at radius 3 is 2.28 bits per heavy atom. The first-order valence-electron chi connectivity index (χ1n) is 8.06. The molecule has 1 aromatic heterocycles. The van der Waals surface area contributed by atoms with Crippen molar-refractivity contribution >= 4 is 9.84 Å². The largest absolute Gasteiger partial charge is 0.358 e. The summed E-state index contributed by atoms with van der Waals surface area (Å²) in [7, 11) is -4.06. The molecular formula is C17H18F3NO3S. The molecule has 3 rings (SSSR count). The zero-order valence-corrected chi connectivity index (χ0v) is 14.5. The molecule has 0 amide bonds. The van der Waals surface area contributed by atoms with E-state index < -0.39 is 33.0 Å². The van der Waals surface area contributed by atoms with Crippen molar-refractivity contribution in [2.45, 2.75) is 49.6 Å². The maximum absolute atomic E-state index is 14.2. The summed E-state index contributed by atoms with van der Waals surface area (Å²) in [5.74, 6) is -2.49. The number of aromatic nitrogens is 1. The van der Waals surface area contributed by atoms with Crippen LogP contribution in [0.1, 0.15) is 49.5 Å². The third-order valence-corrected chi connectivity index (χ3v) is 5.69. The normalized spacial score (nSPS) is 16.3. The monoisotopic (exact) mass is 373 g/mol. The Balaban J connectivity index is 2.14. The van der Waals surface area contributed by atoms with E-state index in [0.717, 1.165) is 50.5 Å². The summed E-state index contributed by atoms with van der Waals surface area (Å²) < 4.78 is 69.9. The number of alkyl halides is 1. The summed E-state index contributed by atoms with van der Waals surface area (Å²) in [6.45, 7) is -0.966. The summed E-state index contributed by atoms with van der Waals surface area (Å²) in [5, 5.41) is 3.94. The number of benzene rings is 1. The van der Waals surface area contributed by atoms with Crippen molar-refractivity contribution in [2.24, 2.45) is 0 Å². The van der Waals surface area contributed by atoms with Crippen LogP contribution in [-0.4, -0.2) is 19.8 Å². The smallest absolute Gasteiger partial charge is 0.181 e. The maximum atomic E-state index is 14.2. The molecule has 0 spiro atoms. The van der Waals surface area contributed by atoms with Gasteiger partial charge in [-0.25, -0.2) is 21.6 Å². The lowest BCUT2D eigenvalue weighted by Crippen LogP contribution is -2.08. The predicted octanol–water partition coefficient (Wildman–Crippen LogP) is 4.54. The van der Waals surface area contributed by atoms with Crippen LogP contribution in [0.15, 0.2) is 21.6 Å². The van der Waals surface area contributed by atoms with E-state index >= 15 is 0 Å². The molecule has 1 aromatic carbocycles. The fraction of sp³-hybridized carbons (Fsp3) is 0.471. The van der Waals surface area contributed by atoms with Crippen LogP contribution in [0.4, 0.5) is 13.2 Å². The van der Waals surface area contributed by atoms with E-state index in [-0.39, 0.29) is 22.8 Å². The van der Waals surface area contributed by atoms with Gasteiger partial charge in [0.15, 0.2) is 22.3 Å². The zero-order chi connectivity index (χ0) is 18.2. The quantitative estimate of drug-likeness (QED) is 0.789. The Labute approximate surface area is 143 Å². The first-order chi connectivity index (χ1) is 11.8. The number of sulfone groups is 1. The van der Waals surface area contributed by atoms with Gasteiger partial charge in [-0.3, -0.25) is 0 Å². The molecule has 0 radical (unpaired) electrons. The fourth-order valence-corrected chi connectivity index (χ4v) is 4.28. The molecule has 0 N–H and O–H groups in total. The molecule has 25 heavy (non-hydrogen) atoms. The second-order valence-electron chi connectivity index (χ2n) is 6.38. The third kappa shape index (κ3) is 3.44. The maximum Gasteiger partial charge on any atom is 0.181 e. The first kappa shape index (κ1) is 18.0. The molecule has 1 saturated carbocycles. The SMILES string of the molecule is CS(=O)(=O)c1c(F)cc(-c2c(C3CCCCC3)noc2CF)cc1F. The van der Waals surface area contributed by atoms with E-state index in [2.05, 4.69) is 5.16 Å². The highest BCUT2D eigenvalue weighted by Gasteiger charge is 2.28. The topological polar surface area (TPSA) is 60.2 Å². The van der Waals surface area contributed by atoms with Crippen LogP contribution in [0.5, 0.6) is 0 Å². The Hall–Kier alpha value is -1.83. The highest BCUT2D eigenvalue weighted by atomic mass is 32.2. The van der Waals surface area contributed by atoms with Crippen LogP contribution >= 0.6 is 0 Å². The van der Waals surface area contributed by atoms with Gasteiger partial charge < -0.3 is 4.52 Å². The van der Waals surface area contributed by atoms with E-state index in [0.29, 0.717) is 5.69 Å². The molecular weight excluding hydrogens is 355 g/mol. The van der Waals surface area contributed by atoms with Gasteiger partial charge in [-0.2, -0.15) is 0 Å². The minimum Gasteiger partial charge on any atom is -0.358 e. The molecule has 0 atom stereocenters. The minimum atomic E-state index is -4.06. The third-order valence-electron chi connectivity index (χ3n) is 4.56. The summed E-state index contributed by atoms with van der Waals surface area (Å²) in [5.41, 5.74) is 0.752. The summed E-state index contributed by atoms with van der Waals surface area (Å²) in [6.07, 6.45) is 5.52. The van der Waals surface area contributed by atoms with Crippen molar-refractivity contribution in [3.8, 4) is 11.1 Å². The second-order valence-corrected chi connectivity index (χ2v) is 8.33. The standard InChI is InChI=1S/C17H18F3NO3S/c1-25(22,23)17-12(19)7-11(8-13(17)20)15-14(9-18)24-21-16(15)10-5-3-2-4-6-10/h7-8,10H,2-6,9H2,1H3. The van der Waals surface area contributed by atoms with Gasteiger partial charge in [-0.15, -0.1) is 0 Å². The lowest BCUT2D eigenvalue weighted by atomic mass is 9.84. The van der Waals surface area contributed by atoms with Gasteiger partial charge >= 0.3 is 0 Å². The van der Waals surface area contributed by atoms with Crippen molar-refractivity contribution in [3.63, 3.8) is 0 Å². The van der Waals surface area contributed by atoms with Gasteiger partial charge in [0.25, 0.3) is 0 Å². The predicted molar refractivity (Wildman–Crippen MR) is 85.6 cm³/mol. The molecule has 136 valence electrons. The van der Waals surface area contributed by atoms with E-state index in [4.69, 9.17) is 4.52 Å². The first-order valence-corrected chi connectivity index (χ1v) is 9.96. The molecule has 0 aliphatic heterocycles. The van der Waals surface area contributed by atoms with Crippen molar-refractivity contribution in [3.05, 3.63) is 35.2 Å². The number of nitrogens with zero attached hydrogens (tertiary/aromatic N) is 1. The van der Waals surface area contributed by atoms with Crippen LogP contribution in [0, 0.1) is 11.6 Å². The van der Waals surface area contributed by atoms with Crippen molar-refractivity contribution in [1.82, 2.24) is 5.16 Å². The minimum absolute atomic E-state index is 0.0357. The number of rotatable bonds is 4. The van der Waals surface area contributed by atoms with Gasteiger partial charge in [0.1, 0.15) is 16.5 Å². The summed E-state index contributed by atoms with van der Waals surface area (Å²) in [6, 6.07) is 1.80. The van der Waals surface area contributed by atoms with E-state index in [1.165, 1.54) is 0 Å². The van der Waals surface area contributed by atoms with Crippen molar-refractivity contribution in [1.29, 1.82) is 0 Å². The highest BCUT2D eigenvalue weighted by molar-refractivity contribution is 7.90. The number of hydrogen-bond acceptors (Lipinski definition) is 4. The van der Waals surface area contributed by atoms with Gasteiger partial charge in [-0.05, 0) is 30.5 Å². The Morgan fingerprint density at radius 1 is 1.16 bits per heavy atom. The molecule has 0 unspecified atom stereocenters. The molecule has 2 aromatic rings. The Bertz CT molecular complexity index is 864. The summed E-state index contributed by atoms with van der Waals surface area (Å²) >= 11 is 0. The van der Waals surface area contributed by atoms with Crippen LogP contribution in [0.2, 0.25) is 0 Å². The molecule has 1 fully saturated rings. The van der Waals surface area contributed by atoms with Crippen LogP contribution in [0.25, 0.3) is 11.1 Å². The fourth-order valence-electron chi connectivity index (χ4n) is 3.45. The lowest BCUT2D eigenvalue weighted by molar-refractivity contribution is 0.320. The second kappa shape index (κ2) is 6.82. The van der Waals surface area contributed by atoms with E-state index in [9.17, 15) is 21.6 Å². The Kier molecular flexibility index (Phi) is 4.90. The van der Waals surface area contributed by atoms with Crippen LogP contribution in [-0.2, 0) is 16.5 Å². The molecule has 0 bridgehead atoms. The van der Waals surface area contributed by atoms with E-state index in [1.807, 2.05) is 0 Å². The molecule has 4 nitrogen and oxygen atoms in total. The van der Waals surface area contributed by atoms with Crippen molar-refractivity contribution in [2.75, 3.05) is 6.26 Å². The van der Waals surface area contributed by atoms with Gasteiger partial charge in [0.05, 0.1) is 11.3 Å². The lowest BCUT2D eigenvalue weighted by Gasteiger charge is -2.20. The van der Waals surface area contributed by atoms with Gasteiger partial charge in [-0.1, -0.05) is 24.4 Å². The number of halogens is 3. The summed E-state index contributed by atoms with van der Waals surface area (Å²) in [4.78, 5) is -0.992. The van der Waals surface area contributed by atoms with Crippen LogP contribution in [0.3, 0.4) is 0 Å².